The van der Waals surface area contributed by atoms with E-state index in [9.17, 15) is 9.18 Å². The highest BCUT2D eigenvalue weighted by Crippen LogP contribution is 2.12. The molecule has 0 bridgehead atoms. The molecular formula is C15H12FN3O. The van der Waals surface area contributed by atoms with Crippen LogP contribution in [0.5, 0.6) is 0 Å². The first-order valence-corrected chi connectivity index (χ1v) is 6.20. The van der Waals surface area contributed by atoms with Crippen molar-refractivity contribution < 1.29 is 4.39 Å². The second-order valence-electron chi connectivity index (χ2n) is 4.62. The van der Waals surface area contributed by atoms with Crippen LogP contribution in [-0.2, 0) is 6.54 Å². The summed E-state index contributed by atoms with van der Waals surface area (Å²) in [6, 6.07) is 6.26. The highest BCUT2D eigenvalue weighted by molar-refractivity contribution is 5.77. The maximum absolute atomic E-state index is 13.6. The molecule has 0 saturated heterocycles. The maximum atomic E-state index is 13.6. The van der Waals surface area contributed by atoms with Crippen LogP contribution in [0.4, 0.5) is 4.39 Å². The Bertz CT molecular complexity index is 842. The van der Waals surface area contributed by atoms with Crippen molar-refractivity contribution in [1.82, 2.24) is 14.5 Å². The third kappa shape index (κ3) is 2.07. The highest BCUT2D eigenvalue weighted by Gasteiger charge is 2.08. The van der Waals surface area contributed by atoms with Crippen LogP contribution in [0.15, 0.2) is 47.8 Å². The molecule has 3 aromatic rings. The van der Waals surface area contributed by atoms with Crippen LogP contribution in [0, 0.1) is 12.7 Å². The van der Waals surface area contributed by atoms with Gasteiger partial charge >= 0.3 is 0 Å². The van der Waals surface area contributed by atoms with Gasteiger partial charge in [-0.3, -0.25) is 14.3 Å². The molecule has 4 nitrogen and oxygen atoms in total. The van der Waals surface area contributed by atoms with Crippen molar-refractivity contribution in [2.75, 3.05) is 0 Å². The quantitative estimate of drug-likeness (QED) is 0.717. The third-order valence-electron chi connectivity index (χ3n) is 3.28. The lowest BCUT2D eigenvalue weighted by atomic mass is 10.1. The van der Waals surface area contributed by atoms with E-state index in [1.54, 1.807) is 18.5 Å². The van der Waals surface area contributed by atoms with E-state index < -0.39 is 5.82 Å². The van der Waals surface area contributed by atoms with Gasteiger partial charge in [-0.1, -0.05) is 6.07 Å². The second-order valence-corrected chi connectivity index (χ2v) is 4.62. The molecule has 0 atom stereocenters. The minimum atomic E-state index is -0.480. The molecule has 3 rings (SSSR count). The van der Waals surface area contributed by atoms with E-state index in [4.69, 9.17) is 0 Å². The van der Waals surface area contributed by atoms with Crippen molar-refractivity contribution in [1.29, 1.82) is 0 Å². The predicted molar refractivity (Wildman–Crippen MR) is 74.0 cm³/mol. The average Bonchev–Trinajstić information content (AvgIpc) is 2.45. The summed E-state index contributed by atoms with van der Waals surface area (Å²) in [5.74, 6) is -0.480. The fourth-order valence-electron chi connectivity index (χ4n) is 2.13. The van der Waals surface area contributed by atoms with Gasteiger partial charge in [0.15, 0.2) is 0 Å². The Labute approximate surface area is 114 Å². The normalized spacial score (nSPS) is 10.9. The van der Waals surface area contributed by atoms with Gasteiger partial charge in [-0.2, -0.15) is 0 Å². The van der Waals surface area contributed by atoms with Gasteiger partial charge in [0.2, 0.25) is 0 Å². The van der Waals surface area contributed by atoms with Crippen molar-refractivity contribution >= 4 is 10.9 Å². The van der Waals surface area contributed by atoms with Gasteiger partial charge < -0.3 is 0 Å². The summed E-state index contributed by atoms with van der Waals surface area (Å²) in [5.41, 5.74) is 1.85. The summed E-state index contributed by atoms with van der Waals surface area (Å²) in [7, 11) is 0. The van der Waals surface area contributed by atoms with Crippen molar-refractivity contribution in [3.63, 3.8) is 0 Å². The summed E-state index contributed by atoms with van der Waals surface area (Å²) in [6.45, 7) is 2.33. The number of aromatic nitrogens is 3. The molecule has 0 unspecified atom stereocenters. The fraction of sp³-hybridized carbons (Fsp3) is 0.133. The van der Waals surface area contributed by atoms with E-state index in [1.807, 2.05) is 13.0 Å². The highest BCUT2D eigenvalue weighted by atomic mass is 19.1. The van der Waals surface area contributed by atoms with Crippen LogP contribution < -0.4 is 5.56 Å². The van der Waals surface area contributed by atoms with E-state index in [0.717, 1.165) is 11.1 Å². The molecule has 1 aromatic carbocycles. The number of halogens is 1. The minimum Gasteiger partial charge on any atom is -0.294 e. The largest absolute Gasteiger partial charge is 0.294 e. The lowest BCUT2D eigenvalue weighted by Crippen LogP contribution is -2.21. The average molecular weight is 269 g/mol. The van der Waals surface area contributed by atoms with Crippen LogP contribution >= 0.6 is 0 Å². The Balaban J connectivity index is 2.12. The molecule has 0 N–H and O–H groups in total. The molecule has 0 saturated carbocycles. The van der Waals surface area contributed by atoms with Gasteiger partial charge in [-0.05, 0) is 36.2 Å². The Kier molecular flexibility index (Phi) is 3.02. The van der Waals surface area contributed by atoms with Crippen molar-refractivity contribution in [2.24, 2.45) is 0 Å². The van der Waals surface area contributed by atoms with Gasteiger partial charge in [0, 0.05) is 12.4 Å². The third-order valence-corrected chi connectivity index (χ3v) is 3.28. The second kappa shape index (κ2) is 4.85. The number of fused-ring (bicyclic) bond motifs is 1. The predicted octanol–water partition coefficient (Wildman–Crippen LogP) is 2.29. The minimum absolute atomic E-state index is 0.111. The summed E-state index contributed by atoms with van der Waals surface area (Å²) >= 11 is 0. The Morgan fingerprint density at radius 1 is 1.30 bits per heavy atom. The zero-order chi connectivity index (χ0) is 14.1. The monoisotopic (exact) mass is 269 g/mol. The van der Waals surface area contributed by atoms with Crippen LogP contribution in [0.3, 0.4) is 0 Å². The van der Waals surface area contributed by atoms with Gasteiger partial charge in [0.05, 0.1) is 18.3 Å². The van der Waals surface area contributed by atoms with Gasteiger partial charge in [0.1, 0.15) is 11.3 Å². The summed E-state index contributed by atoms with van der Waals surface area (Å²) in [6.07, 6.45) is 4.81. The smallest absolute Gasteiger partial charge is 0.261 e. The first-order valence-electron chi connectivity index (χ1n) is 6.20. The van der Waals surface area contributed by atoms with Crippen LogP contribution in [0.25, 0.3) is 10.9 Å². The van der Waals surface area contributed by atoms with Crippen LogP contribution in [0.1, 0.15) is 11.1 Å². The zero-order valence-corrected chi connectivity index (χ0v) is 10.9. The lowest BCUT2D eigenvalue weighted by Gasteiger charge is -2.08. The molecule has 0 spiro atoms. The standard InChI is InChI=1S/C15H12FN3O/c1-10-7-17-6-5-11(10)8-19-9-18-14-12(15(19)20)3-2-4-13(14)16/h2-7,9H,8H2,1H3. The zero-order valence-electron chi connectivity index (χ0n) is 10.9. The number of pyridine rings is 1. The number of para-hydroxylation sites is 1. The Hall–Kier alpha value is -2.56. The molecule has 0 aliphatic rings. The van der Waals surface area contributed by atoms with Crippen molar-refractivity contribution in [2.45, 2.75) is 13.5 Å². The lowest BCUT2D eigenvalue weighted by molar-refractivity contribution is 0.634. The maximum Gasteiger partial charge on any atom is 0.261 e. The van der Waals surface area contributed by atoms with Gasteiger partial charge in [-0.15, -0.1) is 0 Å². The molecule has 20 heavy (non-hydrogen) atoms. The summed E-state index contributed by atoms with van der Waals surface area (Å²) in [5, 5.41) is 0.291. The number of hydrogen-bond acceptors (Lipinski definition) is 3. The van der Waals surface area contributed by atoms with Crippen molar-refractivity contribution in [3.05, 3.63) is 70.3 Å². The van der Waals surface area contributed by atoms with Crippen LogP contribution in [-0.4, -0.2) is 14.5 Å². The van der Waals surface area contributed by atoms with E-state index in [2.05, 4.69) is 9.97 Å². The topological polar surface area (TPSA) is 47.8 Å². The Morgan fingerprint density at radius 3 is 2.95 bits per heavy atom. The van der Waals surface area contributed by atoms with Gasteiger partial charge in [-0.25, -0.2) is 9.37 Å². The summed E-state index contributed by atoms with van der Waals surface area (Å²) in [4.78, 5) is 20.4. The SMILES string of the molecule is Cc1cnccc1Cn1cnc2c(F)cccc2c1=O. The molecular weight excluding hydrogens is 257 g/mol. The molecule has 2 aromatic heterocycles. The number of aryl methyl sites for hydroxylation is 1. The number of nitrogens with zero attached hydrogens (tertiary/aromatic N) is 3. The summed E-state index contributed by atoms with van der Waals surface area (Å²) < 4.78 is 15.0. The number of rotatable bonds is 2. The van der Waals surface area contributed by atoms with Crippen LogP contribution in [0.2, 0.25) is 0 Å². The molecule has 2 heterocycles. The first-order chi connectivity index (χ1) is 9.66. The molecule has 0 radical (unpaired) electrons. The molecule has 100 valence electrons. The molecule has 5 heteroatoms. The molecule has 0 aliphatic heterocycles. The van der Waals surface area contributed by atoms with E-state index in [1.165, 1.54) is 23.0 Å². The van der Waals surface area contributed by atoms with E-state index >= 15 is 0 Å². The Morgan fingerprint density at radius 2 is 2.15 bits per heavy atom. The van der Waals surface area contributed by atoms with Crippen molar-refractivity contribution in [3.8, 4) is 0 Å². The number of hydrogen-bond donors (Lipinski definition) is 0. The molecule has 0 amide bonds. The number of benzene rings is 1. The molecule has 0 fully saturated rings. The van der Waals surface area contributed by atoms with E-state index in [0.29, 0.717) is 11.9 Å². The van der Waals surface area contributed by atoms with Gasteiger partial charge in [0.25, 0.3) is 5.56 Å². The first kappa shape index (κ1) is 12.5. The fourth-order valence-corrected chi connectivity index (χ4v) is 2.13. The van der Waals surface area contributed by atoms with E-state index in [-0.39, 0.29) is 11.1 Å². The molecule has 0 aliphatic carbocycles.